The molecule has 0 saturated carbocycles. The highest BCUT2D eigenvalue weighted by atomic mass is 35.5. The summed E-state index contributed by atoms with van der Waals surface area (Å²) in [7, 11) is -1.29. The van der Waals surface area contributed by atoms with Crippen molar-refractivity contribution in [2.75, 3.05) is 0 Å². The van der Waals surface area contributed by atoms with Crippen molar-refractivity contribution in [3.8, 4) is 5.75 Å². The standard InChI is InChI=1S/C16H24ClNO3Si/c1-16(2,3)11-7-10(15(19)20)6-9-8-12(21-22(4)5)14(17)18-13(9)11/h8,10-11,22H,6-7H2,1-5H3,(H,19,20). The Balaban J connectivity index is 2.50. The molecule has 0 aromatic carbocycles. The first kappa shape index (κ1) is 17.3. The van der Waals surface area contributed by atoms with Gasteiger partial charge in [0.1, 0.15) is 5.75 Å². The van der Waals surface area contributed by atoms with Gasteiger partial charge < -0.3 is 9.53 Å². The summed E-state index contributed by atoms with van der Waals surface area (Å²) in [4.78, 5) is 16.1. The van der Waals surface area contributed by atoms with Crippen LogP contribution in [0.1, 0.15) is 44.4 Å². The largest absolute Gasteiger partial charge is 0.545 e. The maximum Gasteiger partial charge on any atom is 0.306 e. The summed E-state index contributed by atoms with van der Waals surface area (Å²) in [5, 5.41) is 9.84. The summed E-state index contributed by atoms with van der Waals surface area (Å²) in [5.41, 5.74) is 1.84. The normalized spacial score (nSPS) is 21.6. The Morgan fingerprint density at radius 1 is 1.45 bits per heavy atom. The third-order valence-electron chi connectivity index (χ3n) is 4.13. The van der Waals surface area contributed by atoms with Gasteiger partial charge in [0.25, 0.3) is 0 Å². The zero-order valence-electron chi connectivity index (χ0n) is 13.8. The maximum absolute atomic E-state index is 11.5. The van der Waals surface area contributed by atoms with E-state index in [1.54, 1.807) is 0 Å². The molecule has 2 unspecified atom stereocenters. The highest BCUT2D eigenvalue weighted by Gasteiger charge is 2.38. The summed E-state index contributed by atoms with van der Waals surface area (Å²) in [6.07, 6.45) is 1.10. The molecule has 0 fully saturated rings. The Bertz CT molecular complexity index is 583. The third-order valence-corrected chi connectivity index (χ3v) is 5.13. The molecule has 1 aliphatic rings. The molecule has 0 amide bonds. The molecule has 0 spiro atoms. The van der Waals surface area contributed by atoms with Crippen LogP contribution in [0, 0.1) is 11.3 Å². The van der Waals surface area contributed by atoms with Crippen LogP contribution < -0.4 is 4.43 Å². The minimum atomic E-state index is -1.29. The van der Waals surface area contributed by atoms with E-state index in [0.717, 1.165) is 11.3 Å². The van der Waals surface area contributed by atoms with Crippen molar-refractivity contribution in [2.45, 2.75) is 52.6 Å². The summed E-state index contributed by atoms with van der Waals surface area (Å²) >= 11 is 6.29. The van der Waals surface area contributed by atoms with Crippen LogP contribution in [0.2, 0.25) is 18.2 Å². The second-order valence-corrected chi connectivity index (χ2v) is 10.1. The maximum atomic E-state index is 11.5. The number of aliphatic carboxylic acids is 1. The van der Waals surface area contributed by atoms with Crippen molar-refractivity contribution in [3.05, 3.63) is 22.5 Å². The fraction of sp³-hybridized carbons (Fsp3) is 0.625. The summed E-state index contributed by atoms with van der Waals surface area (Å²) in [6, 6.07) is 1.91. The molecule has 0 saturated heterocycles. The molecule has 1 N–H and O–H groups in total. The molecule has 0 aliphatic heterocycles. The molecule has 0 bridgehead atoms. The van der Waals surface area contributed by atoms with E-state index in [-0.39, 0.29) is 17.3 Å². The van der Waals surface area contributed by atoms with Crippen LogP contribution in [0.4, 0.5) is 0 Å². The smallest absolute Gasteiger partial charge is 0.306 e. The van der Waals surface area contributed by atoms with Crippen LogP contribution >= 0.6 is 11.6 Å². The molecule has 1 aliphatic carbocycles. The number of hydrogen-bond acceptors (Lipinski definition) is 3. The number of carboxylic acid groups (broad SMARTS) is 1. The van der Waals surface area contributed by atoms with Crippen LogP contribution in [0.15, 0.2) is 6.07 Å². The average molecular weight is 342 g/mol. The lowest BCUT2D eigenvalue weighted by molar-refractivity contribution is -0.142. The van der Waals surface area contributed by atoms with Crippen molar-refractivity contribution in [3.63, 3.8) is 0 Å². The number of rotatable bonds is 3. The Kier molecular flexibility index (Phi) is 4.87. The minimum absolute atomic E-state index is 0.0611. The summed E-state index contributed by atoms with van der Waals surface area (Å²) < 4.78 is 5.82. The second-order valence-electron chi connectivity index (χ2n) is 7.38. The number of pyridine rings is 1. The molecule has 4 nitrogen and oxygen atoms in total. The van der Waals surface area contributed by atoms with Crippen molar-refractivity contribution in [1.29, 1.82) is 0 Å². The Morgan fingerprint density at radius 3 is 2.59 bits per heavy atom. The average Bonchev–Trinajstić information content (AvgIpc) is 2.36. The molecule has 1 aromatic heterocycles. The quantitative estimate of drug-likeness (QED) is 0.669. The van der Waals surface area contributed by atoms with Gasteiger partial charge in [0, 0.05) is 11.6 Å². The van der Waals surface area contributed by atoms with Gasteiger partial charge in [0.15, 0.2) is 5.15 Å². The van der Waals surface area contributed by atoms with Gasteiger partial charge >= 0.3 is 5.97 Å². The van der Waals surface area contributed by atoms with Crippen LogP contribution in [0.5, 0.6) is 5.75 Å². The second kappa shape index (κ2) is 6.20. The monoisotopic (exact) mass is 341 g/mol. The van der Waals surface area contributed by atoms with Crippen LogP contribution in [-0.2, 0) is 11.2 Å². The minimum Gasteiger partial charge on any atom is -0.545 e. The Morgan fingerprint density at radius 2 is 2.09 bits per heavy atom. The lowest BCUT2D eigenvalue weighted by atomic mass is 9.68. The van der Waals surface area contributed by atoms with E-state index >= 15 is 0 Å². The number of hydrogen-bond donors (Lipinski definition) is 1. The van der Waals surface area contributed by atoms with E-state index in [4.69, 9.17) is 16.0 Å². The molecule has 22 heavy (non-hydrogen) atoms. The first-order valence-electron chi connectivity index (χ1n) is 7.68. The fourth-order valence-corrected chi connectivity index (χ4v) is 3.98. The molecular weight excluding hydrogens is 318 g/mol. The molecular formula is C16H24ClNO3Si. The first-order chi connectivity index (χ1) is 10.1. The number of halogens is 1. The zero-order chi connectivity index (χ0) is 16.7. The van der Waals surface area contributed by atoms with Gasteiger partial charge in [-0.1, -0.05) is 32.4 Å². The van der Waals surface area contributed by atoms with Gasteiger partial charge in [0.2, 0.25) is 9.04 Å². The number of nitrogens with zero attached hydrogens (tertiary/aromatic N) is 1. The molecule has 2 atom stereocenters. The van der Waals surface area contributed by atoms with Gasteiger partial charge in [-0.3, -0.25) is 4.79 Å². The number of aromatic nitrogens is 1. The first-order valence-corrected chi connectivity index (χ1v) is 10.8. The fourth-order valence-electron chi connectivity index (χ4n) is 3.02. The predicted octanol–water partition coefficient (Wildman–Crippen LogP) is 3.87. The number of carbonyl (C=O) groups is 1. The van der Waals surface area contributed by atoms with E-state index in [9.17, 15) is 9.90 Å². The molecule has 6 heteroatoms. The SMILES string of the molecule is C[SiH](C)Oc1cc2c(nc1Cl)C(C(C)(C)C)CC(C(=O)O)C2. The van der Waals surface area contributed by atoms with Crippen LogP contribution in [0.3, 0.4) is 0 Å². The highest BCUT2D eigenvalue weighted by molar-refractivity contribution is 6.49. The van der Waals surface area contributed by atoms with Crippen molar-refractivity contribution >= 4 is 26.6 Å². The van der Waals surface area contributed by atoms with Gasteiger partial charge in [-0.25, -0.2) is 4.98 Å². The number of carboxylic acids is 1. The van der Waals surface area contributed by atoms with Gasteiger partial charge in [-0.15, -0.1) is 0 Å². The predicted molar refractivity (Wildman–Crippen MR) is 90.4 cm³/mol. The molecule has 122 valence electrons. The third kappa shape index (κ3) is 3.63. The van der Waals surface area contributed by atoms with Gasteiger partial charge in [-0.2, -0.15) is 0 Å². The zero-order valence-corrected chi connectivity index (χ0v) is 15.7. The Hall–Kier alpha value is -1.07. The van der Waals surface area contributed by atoms with E-state index in [1.807, 2.05) is 6.07 Å². The van der Waals surface area contributed by atoms with E-state index in [0.29, 0.717) is 23.7 Å². The summed E-state index contributed by atoms with van der Waals surface area (Å²) in [6.45, 7) is 10.5. The molecule has 1 aromatic rings. The number of fused-ring (bicyclic) bond motifs is 1. The van der Waals surface area contributed by atoms with Gasteiger partial charge in [-0.05, 0) is 43.0 Å². The molecule has 1 heterocycles. The van der Waals surface area contributed by atoms with Gasteiger partial charge in [0.05, 0.1) is 5.92 Å². The summed E-state index contributed by atoms with van der Waals surface area (Å²) in [5.74, 6) is -0.430. The highest BCUT2D eigenvalue weighted by Crippen LogP contribution is 2.46. The van der Waals surface area contributed by atoms with E-state index < -0.39 is 15.0 Å². The topological polar surface area (TPSA) is 59.4 Å². The van der Waals surface area contributed by atoms with E-state index in [1.165, 1.54) is 0 Å². The lowest BCUT2D eigenvalue weighted by Crippen LogP contribution is -2.32. The van der Waals surface area contributed by atoms with Crippen molar-refractivity contribution in [1.82, 2.24) is 4.98 Å². The lowest BCUT2D eigenvalue weighted by Gasteiger charge is -2.37. The van der Waals surface area contributed by atoms with Crippen LogP contribution in [0.25, 0.3) is 0 Å². The van der Waals surface area contributed by atoms with Crippen molar-refractivity contribution < 1.29 is 14.3 Å². The molecule has 2 rings (SSSR count). The van der Waals surface area contributed by atoms with Crippen molar-refractivity contribution in [2.24, 2.45) is 11.3 Å². The molecule has 0 radical (unpaired) electrons. The Labute approximate surface area is 138 Å². The van der Waals surface area contributed by atoms with E-state index in [2.05, 4.69) is 38.8 Å². The van der Waals surface area contributed by atoms with Crippen LogP contribution in [-0.4, -0.2) is 25.1 Å².